The monoisotopic (exact) mass is 431 g/mol. The number of benzene rings is 1. The van der Waals surface area contributed by atoms with Gasteiger partial charge in [0.05, 0.1) is 34.8 Å². The van der Waals surface area contributed by atoms with Crippen molar-refractivity contribution in [3.05, 3.63) is 46.9 Å². The number of aromatic nitrogens is 1. The number of aliphatic hydroxyl groups excluding tert-OH is 1. The van der Waals surface area contributed by atoms with E-state index in [0.717, 1.165) is 18.2 Å². The van der Waals surface area contributed by atoms with Crippen molar-refractivity contribution in [3.63, 3.8) is 0 Å². The Labute approximate surface area is 163 Å². The average Bonchev–Trinajstić information content (AvgIpc) is 2.98. The third-order valence-corrected chi connectivity index (χ3v) is 6.52. The van der Waals surface area contributed by atoms with Gasteiger partial charge in [-0.2, -0.15) is 9.57 Å². The van der Waals surface area contributed by atoms with E-state index in [1.165, 1.54) is 12.1 Å². The molecule has 0 amide bonds. The van der Waals surface area contributed by atoms with Gasteiger partial charge < -0.3 is 5.11 Å². The maximum atomic E-state index is 13.6. The van der Waals surface area contributed by atoms with Gasteiger partial charge in [-0.3, -0.25) is 0 Å². The molecule has 1 aromatic heterocycles. The van der Waals surface area contributed by atoms with Gasteiger partial charge in [0.2, 0.25) is 10.0 Å². The summed E-state index contributed by atoms with van der Waals surface area (Å²) < 4.78 is 66.8. The second-order valence-electron chi connectivity index (χ2n) is 6.23. The highest BCUT2D eigenvalue weighted by atomic mass is 35.5. The third kappa shape index (κ3) is 3.71. The molecule has 6 nitrogen and oxygen atoms in total. The Bertz CT molecular complexity index is 1070. The summed E-state index contributed by atoms with van der Waals surface area (Å²) in [6.07, 6.45) is -0.773. The molecule has 1 saturated heterocycles. The molecule has 0 aliphatic carbocycles. The zero-order valence-electron chi connectivity index (χ0n) is 14.1. The number of nitriles is 1. The average molecular weight is 432 g/mol. The summed E-state index contributed by atoms with van der Waals surface area (Å²) in [6, 6.07) is 6.16. The summed E-state index contributed by atoms with van der Waals surface area (Å²) in [5.41, 5.74) is -0.0641. The highest BCUT2D eigenvalue weighted by molar-refractivity contribution is 7.89. The van der Waals surface area contributed by atoms with E-state index in [9.17, 15) is 26.7 Å². The van der Waals surface area contributed by atoms with Crippen LogP contribution in [0.5, 0.6) is 0 Å². The molecular formula is C17H13ClF3N3O3S. The van der Waals surface area contributed by atoms with Crippen LogP contribution in [0.4, 0.5) is 13.2 Å². The van der Waals surface area contributed by atoms with Crippen molar-refractivity contribution < 1.29 is 26.7 Å². The van der Waals surface area contributed by atoms with Crippen LogP contribution in [-0.2, 0) is 10.0 Å². The van der Waals surface area contributed by atoms with Crippen molar-refractivity contribution in [2.24, 2.45) is 0 Å². The molecule has 0 saturated carbocycles. The predicted molar refractivity (Wildman–Crippen MR) is 93.7 cm³/mol. The number of aliphatic hydroxyl groups is 1. The minimum absolute atomic E-state index is 0.0735. The van der Waals surface area contributed by atoms with E-state index in [-0.39, 0.29) is 21.2 Å². The highest BCUT2D eigenvalue weighted by Crippen LogP contribution is 2.37. The zero-order valence-corrected chi connectivity index (χ0v) is 15.7. The molecule has 1 N–H and O–H groups in total. The molecule has 148 valence electrons. The number of hydrogen-bond acceptors (Lipinski definition) is 5. The number of alkyl halides is 2. The van der Waals surface area contributed by atoms with Gasteiger partial charge in [0.15, 0.2) is 11.5 Å². The summed E-state index contributed by atoms with van der Waals surface area (Å²) in [6.45, 7) is -1.78. The first-order chi connectivity index (χ1) is 13.1. The molecule has 11 heteroatoms. The third-order valence-electron chi connectivity index (χ3n) is 4.31. The molecule has 2 heterocycles. The summed E-state index contributed by atoms with van der Waals surface area (Å²) >= 11 is 6.14. The molecule has 1 aliphatic heterocycles. The first-order valence-electron chi connectivity index (χ1n) is 7.96. The summed E-state index contributed by atoms with van der Waals surface area (Å²) in [5, 5.41) is 18.1. The van der Waals surface area contributed by atoms with Crippen LogP contribution in [-0.4, -0.2) is 47.9 Å². The van der Waals surface area contributed by atoms with Crippen LogP contribution >= 0.6 is 11.6 Å². The molecule has 1 atom stereocenters. The molecule has 0 radical (unpaired) electrons. The second-order valence-corrected chi connectivity index (χ2v) is 8.52. The van der Waals surface area contributed by atoms with Crippen molar-refractivity contribution in [2.75, 3.05) is 13.2 Å². The lowest BCUT2D eigenvalue weighted by Gasteiger charge is -2.22. The zero-order chi connectivity index (χ0) is 20.7. The molecule has 0 spiro atoms. The van der Waals surface area contributed by atoms with Crippen LogP contribution in [0, 0.1) is 17.1 Å². The maximum absolute atomic E-state index is 13.6. The van der Waals surface area contributed by atoms with Crippen LogP contribution in [0.15, 0.2) is 35.2 Å². The summed E-state index contributed by atoms with van der Waals surface area (Å²) in [4.78, 5) is 3.49. The smallest absolute Gasteiger partial charge is 0.263 e. The fraction of sp³-hybridized carbons (Fsp3) is 0.294. The largest absolute Gasteiger partial charge is 0.395 e. The Hall–Kier alpha value is -2.19. The Balaban J connectivity index is 1.99. The quantitative estimate of drug-likeness (QED) is 0.803. The molecule has 1 aliphatic rings. The Kier molecular flexibility index (Phi) is 5.38. The topological polar surface area (TPSA) is 94.3 Å². The van der Waals surface area contributed by atoms with E-state index in [1.54, 1.807) is 6.07 Å². The number of hydrogen-bond donors (Lipinski definition) is 1. The van der Waals surface area contributed by atoms with Crippen molar-refractivity contribution in [3.8, 4) is 17.3 Å². The van der Waals surface area contributed by atoms with Crippen LogP contribution in [0.2, 0.25) is 5.02 Å². The maximum Gasteiger partial charge on any atom is 0.263 e. The highest BCUT2D eigenvalue weighted by Gasteiger charge is 2.49. The Morgan fingerprint density at radius 2 is 2.07 bits per heavy atom. The fourth-order valence-electron chi connectivity index (χ4n) is 2.98. The van der Waals surface area contributed by atoms with Crippen molar-refractivity contribution in [1.29, 1.82) is 5.26 Å². The predicted octanol–water partition coefficient (Wildman–Crippen LogP) is 2.80. The molecule has 0 bridgehead atoms. The van der Waals surface area contributed by atoms with E-state index in [1.807, 2.05) is 0 Å². The number of sulfonamides is 1. The molecule has 1 fully saturated rings. The van der Waals surface area contributed by atoms with Gasteiger partial charge in [-0.05, 0) is 30.3 Å². The van der Waals surface area contributed by atoms with E-state index in [0.29, 0.717) is 4.31 Å². The van der Waals surface area contributed by atoms with Crippen molar-refractivity contribution in [2.45, 2.75) is 23.3 Å². The van der Waals surface area contributed by atoms with Crippen LogP contribution in [0.3, 0.4) is 0 Å². The van der Waals surface area contributed by atoms with E-state index >= 15 is 0 Å². The molecule has 0 unspecified atom stereocenters. The second kappa shape index (κ2) is 7.33. The number of rotatable bonds is 4. The summed E-state index contributed by atoms with van der Waals surface area (Å²) in [5.74, 6) is -4.05. The number of halogens is 4. The Morgan fingerprint density at radius 3 is 2.68 bits per heavy atom. The molecule has 3 rings (SSSR count). The minimum Gasteiger partial charge on any atom is -0.395 e. The van der Waals surface area contributed by atoms with Crippen LogP contribution in [0.1, 0.15) is 12.1 Å². The summed E-state index contributed by atoms with van der Waals surface area (Å²) in [7, 11) is -4.34. The van der Waals surface area contributed by atoms with Gasteiger partial charge in [0.25, 0.3) is 5.92 Å². The van der Waals surface area contributed by atoms with Crippen LogP contribution < -0.4 is 0 Å². The Morgan fingerprint density at radius 1 is 1.36 bits per heavy atom. The van der Waals surface area contributed by atoms with E-state index in [4.69, 9.17) is 16.9 Å². The van der Waals surface area contributed by atoms with Gasteiger partial charge in [-0.25, -0.2) is 26.6 Å². The normalized spacial score (nSPS) is 19.5. The van der Waals surface area contributed by atoms with Gasteiger partial charge in [-0.1, -0.05) is 11.6 Å². The lowest BCUT2D eigenvalue weighted by molar-refractivity contribution is 0.0161. The number of nitrogens with zero attached hydrogens (tertiary/aromatic N) is 3. The minimum atomic E-state index is -4.34. The van der Waals surface area contributed by atoms with E-state index < -0.39 is 53.1 Å². The standard InChI is InChI=1S/C17H13ClF3N3O3S/c18-13-5-11(28(26,27)24-9-17(20,21)6-10(24)8-25)1-2-12(13)15-4-3-14(19)16(7-22)23-15/h1-5,10,25H,6,8-9H2/t10-/m0/s1. The van der Waals surface area contributed by atoms with Gasteiger partial charge in [0.1, 0.15) is 6.07 Å². The number of pyridine rings is 1. The van der Waals surface area contributed by atoms with Crippen molar-refractivity contribution in [1.82, 2.24) is 9.29 Å². The molecule has 28 heavy (non-hydrogen) atoms. The first-order valence-corrected chi connectivity index (χ1v) is 9.78. The lowest BCUT2D eigenvalue weighted by Crippen LogP contribution is -2.38. The van der Waals surface area contributed by atoms with Crippen LogP contribution in [0.25, 0.3) is 11.3 Å². The van der Waals surface area contributed by atoms with Crippen molar-refractivity contribution >= 4 is 21.6 Å². The SMILES string of the molecule is N#Cc1nc(-c2ccc(S(=O)(=O)N3CC(F)(F)C[C@H]3CO)cc2Cl)ccc1F. The van der Waals surface area contributed by atoms with Gasteiger partial charge in [0, 0.05) is 12.0 Å². The van der Waals surface area contributed by atoms with Gasteiger partial charge in [-0.15, -0.1) is 0 Å². The first kappa shape index (κ1) is 20.5. The fourth-order valence-corrected chi connectivity index (χ4v) is 4.99. The molecule has 1 aromatic carbocycles. The molecule has 2 aromatic rings. The van der Waals surface area contributed by atoms with E-state index in [2.05, 4.69) is 4.98 Å². The lowest BCUT2D eigenvalue weighted by atomic mass is 10.1. The molecular weight excluding hydrogens is 419 g/mol. The van der Waals surface area contributed by atoms with Gasteiger partial charge >= 0.3 is 0 Å².